The van der Waals surface area contributed by atoms with Crippen LogP contribution in [-0.2, 0) is 0 Å². The lowest BCUT2D eigenvalue weighted by Gasteiger charge is -2.22. The lowest BCUT2D eigenvalue weighted by molar-refractivity contribution is 0.208. The van der Waals surface area contributed by atoms with Crippen molar-refractivity contribution >= 4 is 21.8 Å². The summed E-state index contributed by atoms with van der Waals surface area (Å²) in [5, 5.41) is 11.8. The average Bonchev–Trinajstić information content (AvgIpc) is 2.45. The molecule has 1 aliphatic carbocycles. The second kappa shape index (κ2) is 6.80. The fourth-order valence-corrected chi connectivity index (χ4v) is 2.78. The normalized spacial score (nSPS) is 17.4. The Hall–Kier alpha value is -1.23. The van der Waals surface area contributed by atoms with Gasteiger partial charge in [-0.1, -0.05) is 40.3 Å². The Balaban J connectivity index is 2.07. The number of oxime groups is 1. The smallest absolute Gasteiger partial charge is 0.173 e. The van der Waals surface area contributed by atoms with Crippen LogP contribution in [0.5, 0.6) is 5.75 Å². The molecule has 0 atom stereocenters. The third kappa shape index (κ3) is 3.86. The minimum atomic E-state index is 0.0751. The highest BCUT2D eigenvalue weighted by Gasteiger charge is 2.16. The van der Waals surface area contributed by atoms with E-state index in [2.05, 4.69) is 21.1 Å². The summed E-state index contributed by atoms with van der Waals surface area (Å²) in [4.78, 5) is 0. The maximum atomic E-state index is 8.79. The second-order valence-corrected chi connectivity index (χ2v) is 5.86. The predicted octanol–water partition coefficient (Wildman–Crippen LogP) is 3.50. The van der Waals surface area contributed by atoms with Gasteiger partial charge in [0.25, 0.3) is 0 Å². The SMILES string of the molecule is N/C(=N/O)c1ccc(Br)cc1OCC1CCCCC1. The maximum Gasteiger partial charge on any atom is 0.173 e. The molecule has 0 spiro atoms. The lowest BCUT2D eigenvalue weighted by Crippen LogP contribution is -2.18. The molecule has 0 bridgehead atoms. The molecule has 0 aliphatic heterocycles. The Morgan fingerprint density at radius 2 is 2.11 bits per heavy atom. The van der Waals surface area contributed by atoms with Crippen LogP contribution in [0.3, 0.4) is 0 Å². The van der Waals surface area contributed by atoms with E-state index in [1.165, 1.54) is 32.1 Å². The first-order valence-electron chi connectivity index (χ1n) is 6.61. The number of hydrogen-bond donors (Lipinski definition) is 2. The molecule has 1 aromatic carbocycles. The molecule has 104 valence electrons. The van der Waals surface area contributed by atoms with Crippen LogP contribution in [0.15, 0.2) is 27.8 Å². The summed E-state index contributed by atoms with van der Waals surface area (Å²) in [7, 11) is 0. The molecule has 0 amide bonds. The summed E-state index contributed by atoms with van der Waals surface area (Å²) in [5.41, 5.74) is 6.28. The molecule has 4 nitrogen and oxygen atoms in total. The van der Waals surface area contributed by atoms with Crippen LogP contribution < -0.4 is 10.5 Å². The van der Waals surface area contributed by atoms with Crippen LogP contribution in [0.1, 0.15) is 37.7 Å². The number of hydrogen-bond acceptors (Lipinski definition) is 3. The van der Waals surface area contributed by atoms with Crippen molar-refractivity contribution in [3.8, 4) is 5.75 Å². The molecule has 0 radical (unpaired) electrons. The summed E-state index contributed by atoms with van der Waals surface area (Å²) in [6.07, 6.45) is 6.38. The van der Waals surface area contributed by atoms with Gasteiger partial charge in [-0.15, -0.1) is 0 Å². The fourth-order valence-electron chi connectivity index (χ4n) is 2.44. The Bertz CT molecular complexity index is 457. The van der Waals surface area contributed by atoms with Crippen molar-refractivity contribution in [3.05, 3.63) is 28.2 Å². The van der Waals surface area contributed by atoms with E-state index in [1.807, 2.05) is 12.1 Å². The molecule has 3 N–H and O–H groups in total. The topological polar surface area (TPSA) is 67.8 Å². The molecule has 1 fully saturated rings. The summed E-state index contributed by atoms with van der Waals surface area (Å²) in [6.45, 7) is 0.697. The Labute approximate surface area is 121 Å². The first-order valence-corrected chi connectivity index (χ1v) is 7.40. The standard InChI is InChI=1S/C14H19BrN2O2/c15-11-6-7-12(14(16)17-18)13(8-11)19-9-10-4-2-1-3-5-10/h6-8,10,18H,1-5,9H2,(H2,16,17). The van der Waals surface area contributed by atoms with Crippen LogP contribution in [0.2, 0.25) is 0 Å². The quantitative estimate of drug-likeness (QED) is 0.385. The van der Waals surface area contributed by atoms with Crippen LogP contribution in [-0.4, -0.2) is 17.6 Å². The van der Waals surface area contributed by atoms with Gasteiger partial charge in [-0.05, 0) is 37.0 Å². The number of rotatable bonds is 4. The monoisotopic (exact) mass is 326 g/mol. The zero-order valence-corrected chi connectivity index (χ0v) is 12.4. The molecular formula is C14H19BrN2O2. The van der Waals surface area contributed by atoms with Crippen molar-refractivity contribution in [1.29, 1.82) is 0 Å². The minimum Gasteiger partial charge on any atom is -0.492 e. The van der Waals surface area contributed by atoms with Crippen LogP contribution in [0.25, 0.3) is 0 Å². The van der Waals surface area contributed by atoms with Crippen molar-refractivity contribution < 1.29 is 9.94 Å². The van der Waals surface area contributed by atoms with E-state index in [1.54, 1.807) is 6.07 Å². The van der Waals surface area contributed by atoms with E-state index in [0.717, 1.165) is 4.47 Å². The number of ether oxygens (including phenoxy) is 1. The van der Waals surface area contributed by atoms with Crippen LogP contribution >= 0.6 is 15.9 Å². The highest BCUT2D eigenvalue weighted by Crippen LogP contribution is 2.27. The van der Waals surface area contributed by atoms with Gasteiger partial charge in [-0.3, -0.25) is 0 Å². The number of benzene rings is 1. The largest absolute Gasteiger partial charge is 0.492 e. The molecule has 0 heterocycles. The molecule has 1 saturated carbocycles. The van der Waals surface area contributed by atoms with Crippen molar-refractivity contribution in [1.82, 2.24) is 0 Å². The van der Waals surface area contributed by atoms with Gasteiger partial charge in [-0.25, -0.2) is 0 Å². The first-order chi connectivity index (χ1) is 9.20. The van der Waals surface area contributed by atoms with E-state index < -0.39 is 0 Å². The molecule has 19 heavy (non-hydrogen) atoms. The van der Waals surface area contributed by atoms with E-state index in [9.17, 15) is 0 Å². The number of halogens is 1. The molecule has 1 aromatic rings. The molecule has 5 heteroatoms. The third-order valence-electron chi connectivity index (χ3n) is 3.53. The zero-order valence-electron chi connectivity index (χ0n) is 10.8. The van der Waals surface area contributed by atoms with Crippen molar-refractivity contribution in [2.24, 2.45) is 16.8 Å². The summed E-state index contributed by atoms with van der Waals surface area (Å²) >= 11 is 3.41. The highest BCUT2D eigenvalue weighted by atomic mass is 79.9. The Morgan fingerprint density at radius 1 is 1.37 bits per heavy atom. The third-order valence-corrected chi connectivity index (χ3v) is 4.02. The molecule has 0 aromatic heterocycles. The van der Waals surface area contributed by atoms with Crippen LogP contribution in [0, 0.1) is 5.92 Å². The number of nitrogens with zero attached hydrogens (tertiary/aromatic N) is 1. The van der Waals surface area contributed by atoms with E-state index >= 15 is 0 Å². The van der Waals surface area contributed by atoms with E-state index in [-0.39, 0.29) is 5.84 Å². The molecule has 0 unspecified atom stereocenters. The van der Waals surface area contributed by atoms with Gasteiger partial charge in [0.1, 0.15) is 5.75 Å². The predicted molar refractivity (Wildman–Crippen MR) is 78.7 cm³/mol. The lowest BCUT2D eigenvalue weighted by atomic mass is 9.90. The highest BCUT2D eigenvalue weighted by molar-refractivity contribution is 9.10. The van der Waals surface area contributed by atoms with Crippen LogP contribution in [0.4, 0.5) is 0 Å². The van der Waals surface area contributed by atoms with Crippen molar-refractivity contribution in [2.75, 3.05) is 6.61 Å². The Morgan fingerprint density at radius 3 is 2.79 bits per heavy atom. The summed E-state index contributed by atoms with van der Waals surface area (Å²) in [5.74, 6) is 1.36. The van der Waals surface area contributed by atoms with Gasteiger partial charge < -0.3 is 15.7 Å². The Kier molecular flexibility index (Phi) is 5.07. The van der Waals surface area contributed by atoms with E-state index in [4.69, 9.17) is 15.7 Å². The summed E-state index contributed by atoms with van der Waals surface area (Å²) in [6, 6.07) is 5.49. The zero-order chi connectivity index (χ0) is 13.7. The molecule has 1 aliphatic rings. The van der Waals surface area contributed by atoms with Gasteiger partial charge in [0, 0.05) is 4.47 Å². The van der Waals surface area contributed by atoms with Gasteiger partial charge in [0.05, 0.1) is 12.2 Å². The van der Waals surface area contributed by atoms with Gasteiger partial charge in [0.2, 0.25) is 0 Å². The van der Waals surface area contributed by atoms with Gasteiger partial charge >= 0.3 is 0 Å². The molecule has 0 saturated heterocycles. The average molecular weight is 327 g/mol. The van der Waals surface area contributed by atoms with E-state index in [0.29, 0.717) is 23.8 Å². The fraction of sp³-hybridized carbons (Fsp3) is 0.500. The second-order valence-electron chi connectivity index (χ2n) is 4.94. The van der Waals surface area contributed by atoms with Crippen molar-refractivity contribution in [2.45, 2.75) is 32.1 Å². The maximum absolute atomic E-state index is 8.79. The van der Waals surface area contributed by atoms with Gasteiger partial charge in [-0.2, -0.15) is 0 Å². The first kappa shape index (κ1) is 14.2. The van der Waals surface area contributed by atoms with Gasteiger partial charge in [0.15, 0.2) is 5.84 Å². The minimum absolute atomic E-state index is 0.0751. The molecule has 2 rings (SSSR count). The number of amidine groups is 1. The molecular weight excluding hydrogens is 308 g/mol. The number of nitrogens with two attached hydrogens (primary N) is 1. The van der Waals surface area contributed by atoms with Crippen molar-refractivity contribution in [3.63, 3.8) is 0 Å². The summed E-state index contributed by atoms with van der Waals surface area (Å²) < 4.78 is 6.80.